The number of hydrogen-bond donors (Lipinski definition) is 2. The largest absolute Gasteiger partial charge is 0.481 e. The van der Waals surface area contributed by atoms with Crippen LogP contribution in [-0.4, -0.2) is 70.2 Å². The minimum Gasteiger partial charge on any atom is -0.481 e. The summed E-state index contributed by atoms with van der Waals surface area (Å²) in [6.45, 7) is 18.4. The number of carboxylic acid groups (broad SMARTS) is 2. The first kappa shape index (κ1) is 38.0. The molecular formula is C31H64N2O4. The SMILES string of the molecule is CCCCCC[C@](CCC(=O)O)(C(=O)O)N(CC)CCCCC.CCCCCN(CCCC)CCCC. The lowest BCUT2D eigenvalue weighted by Gasteiger charge is -2.40. The van der Waals surface area contributed by atoms with E-state index in [0.29, 0.717) is 13.0 Å². The fourth-order valence-corrected chi connectivity index (χ4v) is 4.86. The molecule has 2 N–H and O–H groups in total. The van der Waals surface area contributed by atoms with E-state index in [9.17, 15) is 14.7 Å². The minimum absolute atomic E-state index is 0.0929. The zero-order chi connectivity index (χ0) is 28.4. The monoisotopic (exact) mass is 528 g/mol. The molecule has 0 aromatic rings. The molecule has 6 heteroatoms. The van der Waals surface area contributed by atoms with Gasteiger partial charge in [-0.2, -0.15) is 0 Å². The number of carbonyl (C=O) groups is 2. The summed E-state index contributed by atoms with van der Waals surface area (Å²) >= 11 is 0. The predicted octanol–water partition coefficient (Wildman–Crippen LogP) is 8.24. The molecule has 0 bridgehead atoms. The molecule has 0 aliphatic carbocycles. The van der Waals surface area contributed by atoms with Gasteiger partial charge in [-0.15, -0.1) is 0 Å². The van der Waals surface area contributed by atoms with Gasteiger partial charge in [0, 0.05) is 6.42 Å². The molecule has 1 atom stereocenters. The van der Waals surface area contributed by atoms with Crippen molar-refractivity contribution in [3.63, 3.8) is 0 Å². The Kier molecular flexibility index (Phi) is 27.2. The lowest BCUT2D eigenvalue weighted by atomic mass is 9.85. The molecule has 0 aliphatic rings. The van der Waals surface area contributed by atoms with Crippen LogP contribution in [0.4, 0.5) is 0 Å². The summed E-state index contributed by atoms with van der Waals surface area (Å²) in [4.78, 5) is 27.8. The van der Waals surface area contributed by atoms with Gasteiger partial charge in [-0.1, -0.05) is 106 Å². The number of aliphatic carboxylic acids is 2. The van der Waals surface area contributed by atoms with Crippen molar-refractivity contribution in [3.8, 4) is 0 Å². The second-order valence-corrected chi connectivity index (χ2v) is 10.6. The summed E-state index contributed by atoms with van der Waals surface area (Å²) < 4.78 is 0. The highest BCUT2D eigenvalue weighted by molar-refractivity contribution is 5.80. The Morgan fingerprint density at radius 1 is 0.568 bits per heavy atom. The van der Waals surface area contributed by atoms with E-state index in [4.69, 9.17) is 5.11 Å². The van der Waals surface area contributed by atoms with Crippen LogP contribution in [0.1, 0.15) is 151 Å². The number of hydrogen-bond acceptors (Lipinski definition) is 4. The van der Waals surface area contributed by atoms with Crippen molar-refractivity contribution < 1.29 is 19.8 Å². The quantitative estimate of drug-likeness (QED) is 0.116. The maximum absolute atomic E-state index is 12.1. The predicted molar refractivity (Wildman–Crippen MR) is 159 cm³/mol. The van der Waals surface area contributed by atoms with E-state index in [1.165, 1.54) is 64.6 Å². The molecule has 0 saturated carbocycles. The molecule has 222 valence electrons. The first-order valence-electron chi connectivity index (χ1n) is 15.7. The third-order valence-corrected chi connectivity index (χ3v) is 7.35. The summed E-state index contributed by atoms with van der Waals surface area (Å²) in [5, 5.41) is 18.9. The van der Waals surface area contributed by atoms with Gasteiger partial charge in [0.25, 0.3) is 0 Å². The van der Waals surface area contributed by atoms with Gasteiger partial charge in [0.15, 0.2) is 0 Å². The Balaban J connectivity index is 0. The van der Waals surface area contributed by atoms with Gasteiger partial charge in [-0.05, 0) is 71.2 Å². The number of carboxylic acids is 2. The van der Waals surface area contributed by atoms with Crippen molar-refractivity contribution in [1.29, 1.82) is 0 Å². The average molecular weight is 529 g/mol. The fraction of sp³-hybridized carbons (Fsp3) is 0.935. The molecular weight excluding hydrogens is 464 g/mol. The average Bonchev–Trinajstić information content (AvgIpc) is 2.88. The minimum atomic E-state index is -1.03. The van der Waals surface area contributed by atoms with Crippen LogP contribution in [0.5, 0.6) is 0 Å². The van der Waals surface area contributed by atoms with E-state index >= 15 is 0 Å². The third kappa shape index (κ3) is 19.6. The normalized spacial score (nSPS) is 12.9. The smallest absolute Gasteiger partial charge is 0.324 e. The van der Waals surface area contributed by atoms with Gasteiger partial charge in [-0.25, -0.2) is 0 Å². The highest BCUT2D eigenvalue weighted by atomic mass is 16.4. The van der Waals surface area contributed by atoms with Gasteiger partial charge < -0.3 is 15.1 Å². The molecule has 0 aromatic carbocycles. The number of nitrogens with zero attached hydrogens (tertiary/aromatic N) is 2. The van der Waals surface area contributed by atoms with Crippen LogP contribution in [0.2, 0.25) is 0 Å². The highest BCUT2D eigenvalue weighted by Crippen LogP contribution is 2.30. The van der Waals surface area contributed by atoms with Gasteiger partial charge in [0.05, 0.1) is 0 Å². The van der Waals surface area contributed by atoms with Gasteiger partial charge in [-0.3, -0.25) is 14.5 Å². The Hall–Kier alpha value is -1.14. The van der Waals surface area contributed by atoms with Crippen LogP contribution >= 0.6 is 0 Å². The molecule has 0 aliphatic heterocycles. The topological polar surface area (TPSA) is 81.1 Å². The molecule has 0 amide bonds. The second-order valence-electron chi connectivity index (χ2n) is 10.6. The molecule has 0 unspecified atom stereocenters. The molecule has 0 fully saturated rings. The molecule has 0 heterocycles. The zero-order valence-corrected chi connectivity index (χ0v) is 25.7. The molecule has 6 nitrogen and oxygen atoms in total. The zero-order valence-electron chi connectivity index (χ0n) is 25.7. The van der Waals surface area contributed by atoms with Crippen molar-refractivity contribution in [2.45, 2.75) is 156 Å². The summed E-state index contributed by atoms with van der Waals surface area (Å²) in [5.74, 6) is -1.79. The van der Waals surface area contributed by atoms with Crippen molar-refractivity contribution in [1.82, 2.24) is 9.80 Å². The maximum atomic E-state index is 12.1. The maximum Gasteiger partial charge on any atom is 0.324 e. The van der Waals surface area contributed by atoms with Crippen molar-refractivity contribution in [2.75, 3.05) is 32.7 Å². The molecule has 0 saturated heterocycles. The molecule has 37 heavy (non-hydrogen) atoms. The second kappa shape index (κ2) is 26.5. The van der Waals surface area contributed by atoms with Crippen LogP contribution in [0.25, 0.3) is 0 Å². The first-order valence-corrected chi connectivity index (χ1v) is 15.7. The lowest BCUT2D eigenvalue weighted by molar-refractivity contribution is -0.154. The fourth-order valence-electron chi connectivity index (χ4n) is 4.86. The van der Waals surface area contributed by atoms with Crippen LogP contribution in [0.3, 0.4) is 0 Å². The van der Waals surface area contributed by atoms with Crippen LogP contribution in [0.15, 0.2) is 0 Å². The summed E-state index contributed by atoms with van der Waals surface area (Å²) in [6, 6.07) is 0. The molecule has 0 radical (unpaired) electrons. The van der Waals surface area contributed by atoms with Crippen molar-refractivity contribution in [2.24, 2.45) is 0 Å². The third-order valence-electron chi connectivity index (χ3n) is 7.35. The van der Waals surface area contributed by atoms with E-state index < -0.39 is 17.5 Å². The van der Waals surface area contributed by atoms with Crippen molar-refractivity contribution >= 4 is 11.9 Å². The Bertz CT molecular complexity index is 521. The standard InChI is InChI=1S/C18H35NO4.C13H29N/c1-4-7-9-10-13-18(17(22)23,14-12-16(20)21)19(6-3)15-11-8-5-2;1-4-7-10-13-14(11-8-5-2)12-9-6-3/h4-15H2,1-3H3,(H,20,21)(H,22,23);4-13H2,1-3H3/t18-;/m0./s1. The van der Waals surface area contributed by atoms with E-state index in [1.807, 2.05) is 11.8 Å². The number of rotatable bonds is 25. The Morgan fingerprint density at radius 3 is 1.46 bits per heavy atom. The summed E-state index contributed by atoms with van der Waals surface area (Å²) in [6.07, 6.45) is 17.3. The van der Waals surface area contributed by atoms with Gasteiger partial charge >= 0.3 is 11.9 Å². The molecule has 0 rings (SSSR count). The van der Waals surface area contributed by atoms with E-state index in [-0.39, 0.29) is 12.8 Å². The van der Waals surface area contributed by atoms with E-state index in [0.717, 1.165) is 51.5 Å². The lowest BCUT2D eigenvalue weighted by Crippen LogP contribution is -2.55. The number of likely N-dealkylation sites (N-methyl/N-ethyl adjacent to an activating group) is 1. The van der Waals surface area contributed by atoms with Crippen LogP contribution in [-0.2, 0) is 9.59 Å². The molecule has 0 aromatic heterocycles. The molecule has 0 spiro atoms. The summed E-state index contributed by atoms with van der Waals surface area (Å²) in [5.41, 5.74) is -1.03. The van der Waals surface area contributed by atoms with Crippen LogP contribution < -0.4 is 0 Å². The van der Waals surface area contributed by atoms with Crippen LogP contribution in [0, 0.1) is 0 Å². The Labute approximate surface area is 230 Å². The van der Waals surface area contributed by atoms with Gasteiger partial charge in [0.1, 0.15) is 5.54 Å². The van der Waals surface area contributed by atoms with E-state index in [2.05, 4.69) is 39.5 Å². The highest BCUT2D eigenvalue weighted by Gasteiger charge is 2.42. The Morgan fingerprint density at radius 2 is 1.03 bits per heavy atom. The number of unbranched alkanes of at least 4 members (excludes halogenated alkanes) is 9. The summed E-state index contributed by atoms with van der Waals surface area (Å²) in [7, 11) is 0. The van der Waals surface area contributed by atoms with Gasteiger partial charge in [0.2, 0.25) is 0 Å². The first-order chi connectivity index (χ1) is 17.8. The van der Waals surface area contributed by atoms with Crippen molar-refractivity contribution in [3.05, 3.63) is 0 Å². The van der Waals surface area contributed by atoms with E-state index in [1.54, 1.807) is 0 Å².